The molecule has 2 saturated heterocycles. The van der Waals surface area contributed by atoms with Gasteiger partial charge in [0.05, 0.1) is 0 Å². The van der Waals surface area contributed by atoms with Crippen LogP contribution in [-0.2, 0) is 9.59 Å². The van der Waals surface area contributed by atoms with Crippen LogP contribution in [0.5, 0.6) is 0 Å². The highest BCUT2D eigenvalue weighted by Crippen LogP contribution is 2.32. The van der Waals surface area contributed by atoms with Crippen LogP contribution in [0, 0.1) is 25.7 Å². The van der Waals surface area contributed by atoms with Crippen LogP contribution in [0.4, 0.5) is 5.82 Å². The number of anilines is 1. The Labute approximate surface area is 193 Å². The third-order valence-corrected chi connectivity index (χ3v) is 7.66. The van der Waals surface area contributed by atoms with Crippen LogP contribution < -0.4 is 10.6 Å². The van der Waals surface area contributed by atoms with Crippen LogP contribution >= 0.6 is 11.8 Å². The Morgan fingerprint density at radius 1 is 0.969 bits per heavy atom. The summed E-state index contributed by atoms with van der Waals surface area (Å²) in [6.07, 6.45) is 4.63. The first-order valence-corrected chi connectivity index (χ1v) is 12.1. The van der Waals surface area contributed by atoms with Crippen molar-refractivity contribution >= 4 is 29.4 Å². The van der Waals surface area contributed by atoms with Gasteiger partial charge in [0.1, 0.15) is 17.2 Å². The first-order chi connectivity index (χ1) is 15.4. The first kappa shape index (κ1) is 22.6. The number of hydrogen-bond donors (Lipinski definition) is 1. The third-order valence-electron chi connectivity index (χ3n) is 6.56. The van der Waals surface area contributed by atoms with E-state index in [0.717, 1.165) is 36.8 Å². The number of amides is 2. The van der Waals surface area contributed by atoms with E-state index in [9.17, 15) is 9.59 Å². The molecular formula is C24H31N5O2S. The monoisotopic (exact) mass is 453 g/mol. The van der Waals surface area contributed by atoms with Gasteiger partial charge >= 0.3 is 0 Å². The Hall–Kier alpha value is -2.61. The lowest BCUT2D eigenvalue weighted by Crippen LogP contribution is -2.47. The van der Waals surface area contributed by atoms with Crippen molar-refractivity contribution in [2.75, 3.05) is 31.1 Å². The number of aryl methyl sites for hydroxylation is 2. The van der Waals surface area contributed by atoms with E-state index in [2.05, 4.69) is 46.9 Å². The van der Waals surface area contributed by atoms with Crippen LogP contribution in [0.3, 0.4) is 0 Å². The highest BCUT2D eigenvalue weighted by atomic mass is 32.2. The number of nitrogens with two attached hydrogens (primary N) is 1. The van der Waals surface area contributed by atoms with Crippen LogP contribution in [0.25, 0.3) is 0 Å². The van der Waals surface area contributed by atoms with E-state index in [0.29, 0.717) is 25.9 Å². The Morgan fingerprint density at radius 3 is 2.34 bits per heavy atom. The second kappa shape index (κ2) is 9.90. The summed E-state index contributed by atoms with van der Waals surface area (Å²) in [6, 6.07) is 8.49. The number of primary amides is 1. The Balaban J connectivity index is 1.33. The normalized spacial score (nSPS) is 18.1. The molecule has 8 heteroatoms. The number of nitrogens with zero attached hydrogens (tertiary/aromatic N) is 4. The largest absolute Gasteiger partial charge is 0.369 e. The molecule has 0 aliphatic carbocycles. The van der Waals surface area contributed by atoms with Gasteiger partial charge in [-0.3, -0.25) is 9.59 Å². The lowest BCUT2D eigenvalue weighted by atomic mass is 9.92. The number of rotatable bonds is 5. The van der Waals surface area contributed by atoms with Crippen LogP contribution in [0.2, 0.25) is 0 Å². The van der Waals surface area contributed by atoms with Gasteiger partial charge < -0.3 is 15.5 Å². The molecule has 0 atom stereocenters. The van der Waals surface area contributed by atoms with Crippen LogP contribution in [0.15, 0.2) is 40.5 Å². The Kier molecular flexibility index (Phi) is 6.98. The van der Waals surface area contributed by atoms with Gasteiger partial charge in [0, 0.05) is 49.0 Å². The van der Waals surface area contributed by atoms with E-state index >= 15 is 0 Å². The van der Waals surface area contributed by atoms with Crippen molar-refractivity contribution in [2.45, 2.75) is 49.5 Å². The average Bonchev–Trinajstić information content (AvgIpc) is 2.81. The van der Waals surface area contributed by atoms with Crippen molar-refractivity contribution in [2.24, 2.45) is 17.6 Å². The number of hydrogen-bond acceptors (Lipinski definition) is 6. The molecule has 2 amide bonds. The molecule has 170 valence electrons. The second-order valence-electron chi connectivity index (χ2n) is 8.85. The van der Waals surface area contributed by atoms with Gasteiger partial charge in [-0.25, -0.2) is 9.97 Å². The number of carbonyl (C=O) groups is 2. The predicted octanol–water partition coefficient (Wildman–Crippen LogP) is 3.18. The summed E-state index contributed by atoms with van der Waals surface area (Å²) >= 11 is 1.66. The maximum absolute atomic E-state index is 13.0. The average molecular weight is 454 g/mol. The maximum atomic E-state index is 13.0. The zero-order valence-corrected chi connectivity index (χ0v) is 19.6. The molecule has 0 saturated carbocycles. The molecule has 2 aliphatic heterocycles. The van der Waals surface area contributed by atoms with Crippen molar-refractivity contribution < 1.29 is 9.59 Å². The molecular weight excluding hydrogens is 422 g/mol. The molecule has 1 aromatic heterocycles. The molecule has 4 rings (SSSR count). The van der Waals surface area contributed by atoms with Crippen molar-refractivity contribution in [3.05, 3.63) is 41.7 Å². The fraction of sp³-hybridized carbons (Fsp3) is 0.500. The van der Waals surface area contributed by atoms with Crippen molar-refractivity contribution in [1.29, 1.82) is 0 Å². The summed E-state index contributed by atoms with van der Waals surface area (Å²) in [6.45, 7) is 7.09. The fourth-order valence-electron chi connectivity index (χ4n) is 4.49. The van der Waals surface area contributed by atoms with E-state index in [1.807, 2.05) is 11.0 Å². The lowest BCUT2D eigenvalue weighted by molar-refractivity contribution is -0.139. The summed E-state index contributed by atoms with van der Waals surface area (Å²) in [5.74, 6) is 0.851. The van der Waals surface area contributed by atoms with Crippen LogP contribution in [-0.4, -0.2) is 52.9 Å². The molecule has 2 aromatic rings. The lowest BCUT2D eigenvalue weighted by Gasteiger charge is -2.37. The number of likely N-dealkylation sites (tertiary alicyclic amines) is 1. The molecule has 0 unspecified atom stereocenters. The zero-order chi connectivity index (χ0) is 22.7. The highest BCUT2D eigenvalue weighted by Gasteiger charge is 2.32. The molecule has 0 bridgehead atoms. The minimum absolute atomic E-state index is 0.0435. The minimum atomic E-state index is -0.245. The molecule has 2 fully saturated rings. The summed E-state index contributed by atoms with van der Waals surface area (Å²) in [4.78, 5) is 38.6. The van der Waals surface area contributed by atoms with E-state index < -0.39 is 0 Å². The number of piperidine rings is 2. The topological polar surface area (TPSA) is 92.4 Å². The van der Waals surface area contributed by atoms with Gasteiger partial charge in [0.25, 0.3) is 0 Å². The van der Waals surface area contributed by atoms with Gasteiger partial charge in [-0.1, -0.05) is 23.9 Å². The number of aromatic nitrogens is 2. The maximum Gasteiger partial charge on any atom is 0.225 e. The highest BCUT2D eigenvalue weighted by molar-refractivity contribution is 7.99. The SMILES string of the molecule is Cc1ccc(C)c(Sc2cc(N3CCC(C(=O)N4CCC(C(N)=O)CC4)CC3)ncn2)c1. The predicted molar refractivity (Wildman–Crippen MR) is 126 cm³/mol. The Bertz CT molecular complexity index is 982. The van der Waals surface area contributed by atoms with E-state index in [-0.39, 0.29) is 23.7 Å². The third kappa shape index (κ3) is 5.23. The minimum Gasteiger partial charge on any atom is -0.369 e. The Morgan fingerprint density at radius 2 is 1.66 bits per heavy atom. The van der Waals surface area contributed by atoms with Gasteiger partial charge in [-0.05, 0) is 56.7 Å². The molecule has 2 aliphatic rings. The summed E-state index contributed by atoms with van der Waals surface area (Å²) in [5.41, 5.74) is 7.88. The standard InChI is InChI=1S/C24H31N5O2S/c1-16-3-4-17(2)20(13-16)32-22-14-21(26-15-27-22)28-9-7-19(8-10-28)24(31)29-11-5-18(6-12-29)23(25)30/h3-4,13-15,18-19H,5-12H2,1-2H3,(H2,25,30). The molecule has 0 radical (unpaired) electrons. The summed E-state index contributed by atoms with van der Waals surface area (Å²) < 4.78 is 0. The van der Waals surface area contributed by atoms with Crippen molar-refractivity contribution in [3.8, 4) is 0 Å². The zero-order valence-electron chi connectivity index (χ0n) is 18.8. The quantitative estimate of drug-likeness (QED) is 0.699. The van der Waals surface area contributed by atoms with E-state index in [1.54, 1.807) is 18.1 Å². The van der Waals surface area contributed by atoms with Gasteiger partial charge in [0.15, 0.2) is 0 Å². The molecule has 32 heavy (non-hydrogen) atoms. The van der Waals surface area contributed by atoms with Gasteiger partial charge in [0.2, 0.25) is 11.8 Å². The fourth-order valence-corrected chi connectivity index (χ4v) is 5.45. The molecule has 1 aromatic carbocycles. The van der Waals surface area contributed by atoms with Crippen LogP contribution in [0.1, 0.15) is 36.8 Å². The van der Waals surface area contributed by atoms with Gasteiger partial charge in [-0.2, -0.15) is 0 Å². The van der Waals surface area contributed by atoms with Gasteiger partial charge in [-0.15, -0.1) is 0 Å². The summed E-state index contributed by atoms with van der Waals surface area (Å²) in [7, 11) is 0. The molecule has 0 spiro atoms. The molecule has 2 N–H and O–H groups in total. The van der Waals surface area contributed by atoms with Crippen molar-refractivity contribution in [1.82, 2.24) is 14.9 Å². The molecule has 7 nitrogen and oxygen atoms in total. The van der Waals surface area contributed by atoms with Crippen molar-refractivity contribution in [3.63, 3.8) is 0 Å². The molecule has 3 heterocycles. The second-order valence-corrected chi connectivity index (χ2v) is 9.91. The van der Waals surface area contributed by atoms with E-state index in [1.165, 1.54) is 16.0 Å². The van der Waals surface area contributed by atoms with E-state index in [4.69, 9.17) is 5.73 Å². The smallest absolute Gasteiger partial charge is 0.225 e. The summed E-state index contributed by atoms with van der Waals surface area (Å²) in [5, 5.41) is 0.930. The first-order valence-electron chi connectivity index (χ1n) is 11.3. The number of benzene rings is 1. The number of carbonyl (C=O) groups excluding carboxylic acids is 2.